The first-order chi connectivity index (χ1) is 7.63. The van der Waals surface area contributed by atoms with Crippen LogP contribution in [0.3, 0.4) is 0 Å². The Morgan fingerprint density at radius 1 is 1.31 bits per heavy atom. The number of likely N-dealkylation sites (N-methyl/N-ethyl adjacent to an activating group) is 1. The van der Waals surface area contributed by atoms with E-state index in [1.807, 2.05) is 12.1 Å². The van der Waals surface area contributed by atoms with Crippen LogP contribution in [-0.4, -0.2) is 44.3 Å². The number of hydrogen-bond donors (Lipinski definition) is 2. The fourth-order valence-corrected chi connectivity index (χ4v) is 2.25. The molecule has 0 aliphatic carbocycles. The van der Waals surface area contributed by atoms with Crippen molar-refractivity contribution in [2.75, 3.05) is 33.2 Å². The van der Waals surface area contributed by atoms with Gasteiger partial charge in [-0.05, 0) is 6.07 Å². The Bertz CT molecular complexity index is 398. The minimum atomic E-state index is -0.839. The molecule has 1 saturated heterocycles. The summed E-state index contributed by atoms with van der Waals surface area (Å²) >= 11 is 0. The number of carbonyl (C=O) groups is 1. The Balaban J connectivity index is 2.42. The second-order valence-corrected chi connectivity index (χ2v) is 4.42. The summed E-state index contributed by atoms with van der Waals surface area (Å²) in [5.74, 6) is -0.839. The van der Waals surface area contributed by atoms with Crippen LogP contribution < -0.4 is 9.80 Å². The summed E-state index contributed by atoms with van der Waals surface area (Å²) in [5, 5.41) is 12.5. The summed E-state index contributed by atoms with van der Waals surface area (Å²) < 4.78 is 0.704. The maximum Gasteiger partial charge on any atom is 0.341 e. The third kappa shape index (κ3) is 1.94. The Kier molecular flexibility index (Phi) is 2.94. The lowest BCUT2D eigenvalue weighted by Crippen LogP contribution is -2.57. The average Bonchev–Trinajstić information content (AvgIpc) is 2.30. The van der Waals surface area contributed by atoms with E-state index in [4.69, 9.17) is 0 Å². The predicted molar refractivity (Wildman–Crippen MR) is 63.7 cm³/mol. The summed E-state index contributed by atoms with van der Waals surface area (Å²) in [7, 11) is 2.10. The first-order valence-electron chi connectivity index (χ1n) is 5.52. The van der Waals surface area contributed by atoms with Crippen molar-refractivity contribution in [2.24, 2.45) is 0 Å². The van der Waals surface area contributed by atoms with E-state index >= 15 is 0 Å². The minimum absolute atomic E-state index is 0.423. The van der Waals surface area contributed by atoms with Gasteiger partial charge in [0.1, 0.15) is 11.3 Å². The predicted octanol–water partition coefficient (Wildman–Crippen LogP) is 0.925. The number of nitrogens with one attached hydrogen (secondary N) is 1. The van der Waals surface area contributed by atoms with Crippen molar-refractivity contribution in [1.29, 1.82) is 0 Å². The van der Waals surface area contributed by atoms with Gasteiger partial charge < -0.3 is 10.4 Å². The van der Waals surface area contributed by atoms with E-state index in [1.54, 1.807) is 12.1 Å². The number of piperazine rings is 1. The van der Waals surface area contributed by atoms with Gasteiger partial charge in [0.05, 0.1) is 20.1 Å². The van der Waals surface area contributed by atoms with Crippen LogP contribution in [0.4, 0.5) is 5.69 Å². The maximum absolute atomic E-state index is 11.2. The highest BCUT2D eigenvalue weighted by atomic mass is 16.4. The lowest BCUT2D eigenvalue weighted by atomic mass is 10.1. The largest absolute Gasteiger partial charge is 0.477 e. The quantitative estimate of drug-likeness (QED) is 0.730. The van der Waals surface area contributed by atoms with Gasteiger partial charge in [-0.2, -0.15) is 0 Å². The molecule has 0 spiro atoms. The summed E-state index contributed by atoms with van der Waals surface area (Å²) in [6.07, 6.45) is 0. The lowest BCUT2D eigenvalue weighted by molar-refractivity contribution is 0.0694. The zero-order chi connectivity index (χ0) is 11.6. The second kappa shape index (κ2) is 4.23. The molecule has 1 aromatic carbocycles. The fourth-order valence-electron chi connectivity index (χ4n) is 2.25. The van der Waals surface area contributed by atoms with Crippen molar-refractivity contribution in [3.05, 3.63) is 29.8 Å². The molecular weight excluding hydrogens is 204 g/mol. The number of aromatic carboxylic acids is 1. The van der Waals surface area contributed by atoms with Crippen molar-refractivity contribution in [3.63, 3.8) is 0 Å². The molecule has 0 bridgehead atoms. The van der Waals surface area contributed by atoms with Crippen LogP contribution >= 0.6 is 0 Å². The van der Waals surface area contributed by atoms with E-state index in [9.17, 15) is 9.90 Å². The van der Waals surface area contributed by atoms with Crippen molar-refractivity contribution in [1.82, 2.24) is 9.80 Å². The Morgan fingerprint density at radius 2 is 1.94 bits per heavy atom. The summed E-state index contributed by atoms with van der Waals surface area (Å²) in [5.41, 5.74) is 1.34. The van der Waals surface area contributed by atoms with Gasteiger partial charge in [-0.3, -0.25) is 4.48 Å². The molecular formula is C12H17N2O2+. The van der Waals surface area contributed by atoms with E-state index in [1.165, 1.54) is 0 Å². The number of carboxylic acids is 1. The van der Waals surface area contributed by atoms with Crippen molar-refractivity contribution >= 4 is 11.7 Å². The minimum Gasteiger partial charge on any atom is -0.477 e. The topological polar surface area (TPSA) is 49.3 Å². The van der Waals surface area contributed by atoms with Gasteiger partial charge in [-0.1, -0.05) is 12.1 Å². The molecule has 2 rings (SSSR count). The highest BCUT2D eigenvalue weighted by Crippen LogP contribution is 2.26. The first kappa shape index (κ1) is 11.1. The molecule has 0 aromatic heterocycles. The van der Waals surface area contributed by atoms with Gasteiger partial charge in [-0.15, -0.1) is 0 Å². The smallest absolute Gasteiger partial charge is 0.341 e. The van der Waals surface area contributed by atoms with Crippen molar-refractivity contribution < 1.29 is 9.90 Å². The summed E-state index contributed by atoms with van der Waals surface area (Å²) in [6, 6.07) is 7.30. The lowest BCUT2D eigenvalue weighted by Gasteiger charge is -2.38. The fraction of sp³-hybridized carbons (Fsp3) is 0.417. The zero-order valence-corrected chi connectivity index (χ0v) is 9.44. The Labute approximate surface area is 95.1 Å². The van der Waals surface area contributed by atoms with Gasteiger partial charge in [0, 0.05) is 19.2 Å². The van der Waals surface area contributed by atoms with Crippen molar-refractivity contribution in [2.45, 2.75) is 0 Å². The second-order valence-electron chi connectivity index (χ2n) is 4.42. The average molecular weight is 221 g/mol. The van der Waals surface area contributed by atoms with E-state index in [2.05, 4.69) is 12.4 Å². The number of nitrogens with zero attached hydrogens (tertiary/aromatic N) is 1. The van der Waals surface area contributed by atoms with Crippen LogP contribution in [0.2, 0.25) is 0 Å². The monoisotopic (exact) mass is 221 g/mol. The molecule has 16 heavy (non-hydrogen) atoms. The molecule has 1 aliphatic heterocycles. The number of carboxylic acid groups (broad SMARTS) is 1. The summed E-state index contributed by atoms with van der Waals surface area (Å²) in [6.45, 7) is 3.74. The molecule has 1 fully saturated rings. The van der Waals surface area contributed by atoms with E-state index in [0.717, 1.165) is 31.9 Å². The van der Waals surface area contributed by atoms with E-state index < -0.39 is 5.97 Å². The maximum atomic E-state index is 11.2. The van der Waals surface area contributed by atoms with Gasteiger partial charge in [-0.25, -0.2) is 4.79 Å². The molecule has 2 N–H and O–H groups in total. The summed E-state index contributed by atoms with van der Waals surface area (Å²) in [4.78, 5) is 11.2. The van der Waals surface area contributed by atoms with Crippen LogP contribution in [0, 0.1) is 0 Å². The molecule has 0 atom stereocenters. The van der Waals surface area contributed by atoms with E-state index in [-0.39, 0.29) is 0 Å². The molecule has 1 aromatic rings. The molecule has 0 radical (unpaired) electrons. The third-order valence-electron chi connectivity index (χ3n) is 3.28. The standard InChI is InChI=1S/C12H16N2O2/c1-14(8-6-13-7-9-14)11-5-3-2-4-10(11)12(15)16/h2-5,13H,6-9H2,1H3/p+1. The van der Waals surface area contributed by atoms with Crippen LogP contribution in [0.1, 0.15) is 10.4 Å². The van der Waals surface area contributed by atoms with Crippen LogP contribution in [0.15, 0.2) is 24.3 Å². The first-order valence-corrected chi connectivity index (χ1v) is 5.52. The van der Waals surface area contributed by atoms with Crippen LogP contribution in [0.25, 0.3) is 0 Å². The van der Waals surface area contributed by atoms with Gasteiger partial charge in [0.15, 0.2) is 0 Å². The number of benzene rings is 1. The number of hydrogen-bond acceptors (Lipinski definition) is 2. The molecule has 4 heteroatoms. The number of para-hydroxylation sites is 1. The molecule has 1 aliphatic rings. The molecule has 0 unspecified atom stereocenters. The Morgan fingerprint density at radius 3 is 2.56 bits per heavy atom. The Hall–Kier alpha value is -1.39. The van der Waals surface area contributed by atoms with Gasteiger partial charge in [0.2, 0.25) is 0 Å². The third-order valence-corrected chi connectivity index (χ3v) is 3.28. The van der Waals surface area contributed by atoms with Gasteiger partial charge in [0.25, 0.3) is 0 Å². The number of quaternary nitrogens is 1. The highest BCUT2D eigenvalue weighted by molar-refractivity contribution is 5.93. The highest BCUT2D eigenvalue weighted by Gasteiger charge is 2.31. The van der Waals surface area contributed by atoms with Crippen LogP contribution in [-0.2, 0) is 0 Å². The molecule has 4 nitrogen and oxygen atoms in total. The zero-order valence-electron chi connectivity index (χ0n) is 9.44. The molecule has 0 amide bonds. The van der Waals surface area contributed by atoms with Crippen LogP contribution in [0.5, 0.6) is 0 Å². The van der Waals surface area contributed by atoms with E-state index in [0.29, 0.717) is 10.0 Å². The SMILES string of the molecule is C[N+]1(c2ccccc2C(=O)O)CCNCC1. The van der Waals surface area contributed by atoms with Gasteiger partial charge >= 0.3 is 5.97 Å². The normalized spacial score (nSPS) is 19.3. The molecule has 86 valence electrons. The number of rotatable bonds is 2. The molecule has 0 saturated carbocycles. The molecule has 1 heterocycles. The van der Waals surface area contributed by atoms with Crippen molar-refractivity contribution in [3.8, 4) is 0 Å².